The summed E-state index contributed by atoms with van der Waals surface area (Å²) in [6, 6.07) is 3.97. The maximum atomic E-state index is 13.5. The van der Waals surface area contributed by atoms with E-state index in [0.717, 1.165) is 12.3 Å². The zero-order chi connectivity index (χ0) is 20.2. The Kier molecular flexibility index (Phi) is 4.16. The van der Waals surface area contributed by atoms with Gasteiger partial charge < -0.3 is 0 Å². The summed E-state index contributed by atoms with van der Waals surface area (Å²) in [5.74, 6) is 0. The molecule has 0 unspecified atom stereocenters. The second-order valence-corrected chi connectivity index (χ2v) is 5.53. The van der Waals surface area contributed by atoms with Crippen molar-refractivity contribution in [3.8, 4) is 11.3 Å². The molecule has 1 aromatic carbocycles. The molecular weight excluding hydrogens is 391 g/mol. The summed E-state index contributed by atoms with van der Waals surface area (Å²) in [5.41, 5.74) is -7.15. The molecule has 0 bridgehead atoms. The number of imidazole rings is 1. The Hall–Kier alpha value is -2.72. The number of hydrogen-bond acceptors (Lipinski definition) is 1. The van der Waals surface area contributed by atoms with Gasteiger partial charge in [-0.05, 0) is 30.3 Å². The van der Waals surface area contributed by atoms with E-state index >= 15 is 0 Å². The van der Waals surface area contributed by atoms with Gasteiger partial charge in [0.05, 0.1) is 11.1 Å². The van der Waals surface area contributed by atoms with Crippen molar-refractivity contribution < 1.29 is 39.5 Å². The van der Waals surface area contributed by atoms with Crippen LogP contribution in [0.5, 0.6) is 0 Å². The van der Waals surface area contributed by atoms with Crippen LogP contribution in [0, 0.1) is 0 Å². The van der Waals surface area contributed by atoms with Gasteiger partial charge >= 0.3 is 18.5 Å². The van der Waals surface area contributed by atoms with Crippen molar-refractivity contribution in [3.63, 3.8) is 0 Å². The Morgan fingerprint density at radius 2 is 1.26 bits per heavy atom. The van der Waals surface area contributed by atoms with Crippen LogP contribution in [0.15, 0.2) is 42.6 Å². The van der Waals surface area contributed by atoms with Crippen LogP contribution in [-0.2, 0) is 18.5 Å². The van der Waals surface area contributed by atoms with Gasteiger partial charge in [0.15, 0.2) is 5.69 Å². The van der Waals surface area contributed by atoms with E-state index in [2.05, 4.69) is 4.98 Å². The molecule has 27 heavy (non-hydrogen) atoms. The molecule has 2 heterocycles. The summed E-state index contributed by atoms with van der Waals surface area (Å²) in [6.07, 6.45) is -14.5. The zero-order valence-corrected chi connectivity index (χ0v) is 12.8. The lowest BCUT2D eigenvalue weighted by atomic mass is 10.0. The first-order chi connectivity index (χ1) is 12.3. The van der Waals surface area contributed by atoms with Crippen LogP contribution in [0.2, 0.25) is 0 Å². The average Bonchev–Trinajstić information content (AvgIpc) is 2.92. The van der Waals surface area contributed by atoms with Gasteiger partial charge in [-0.1, -0.05) is 6.07 Å². The molecule has 2 nitrogen and oxygen atoms in total. The van der Waals surface area contributed by atoms with Gasteiger partial charge in [-0.25, -0.2) is 4.98 Å². The third-order valence-corrected chi connectivity index (χ3v) is 3.66. The molecule has 0 radical (unpaired) electrons. The van der Waals surface area contributed by atoms with E-state index in [1.54, 1.807) is 0 Å². The van der Waals surface area contributed by atoms with Gasteiger partial charge in [-0.15, -0.1) is 0 Å². The van der Waals surface area contributed by atoms with Crippen LogP contribution < -0.4 is 0 Å². The minimum atomic E-state index is -5.19. The van der Waals surface area contributed by atoms with E-state index in [0.29, 0.717) is 4.40 Å². The smallest absolute Gasteiger partial charge is 0.295 e. The molecule has 0 fully saturated rings. The maximum Gasteiger partial charge on any atom is 0.433 e. The second-order valence-electron chi connectivity index (χ2n) is 5.53. The molecular formula is C16H7F9N2. The minimum absolute atomic E-state index is 0.160. The average molecular weight is 398 g/mol. The second kappa shape index (κ2) is 5.89. The number of hydrogen-bond donors (Lipinski definition) is 0. The predicted octanol–water partition coefficient (Wildman–Crippen LogP) is 6.06. The Labute approximate surface area is 144 Å². The Morgan fingerprint density at radius 3 is 1.74 bits per heavy atom. The molecule has 0 spiro atoms. The first-order valence-corrected chi connectivity index (χ1v) is 7.12. The van der Waals surface area contributed by atoms with Gasteiger partial charge in [0.2, 0.25) is 0 Å². The van der Waals surface area contributed by atoms with E-state index in [1.165, 1.54) is 12.1 Å². The van der Waals surface area contributed by atoms with Crippen LogP contribution in [0.25, 0.3) is 16.9 Å². The molecule has 0 aliphatic rings. The van der Waals surface area contributed by atoms with Crippen molar-refractivity contribution in [1.82, 2.24) is 9.38 Å². The van der Waals surface area contributed by atoms with E-state index in [4.69, 9.17) is 0 Å². The molecule has 0 aliphatic carbocycles. The van der Waals surface area contributed by atoms with Crippen LogP contribution in [0.1, 0.15) is 16.8 Å². The Bertz CT molecular complexity index is 962. The lowest BCUT2D eigenvalue weighted by molar-refractivity contribution is -0.143. The van der Waals surface area contributed by atoms with Crippen LogP contribution in [0.3, 0.4) is 0 Å². The number of fused-ring (bicyclic) bond motifs is 1. The number of pyridine rings is 1. The van der Waals surface area contributed by atoms with E-state index in [-0.39, 0.29) is 23.8 Å². The summed E-state index contributed by atoms with van der Waals surface area (Å²) < 4.78 is 119. The van der Waals surface area contributed by atoms with Crippen molar-refractivity contribution in [2.24, 2.45) is 0 Å². The highest BCUT2D eigenvalue weighted by atomic mass is 19.4. The summed E-state index contributed by atoms with van der Waals surface area (Å²) >= 11 is 0. The lowest BCUT2D eigenvalue weighted by Crippen LogP contribution is -2.13. The number of halogens is 9. The highest BCUT2D eigenvalue weighted by molar-refractivity contribution is 5.69. The SMILES string of the molecule is FC(F)(F)c1cc(-c2nc3ccccn3c2C(F)(F)F)cc(C(F)(F)F)c1. The van der Waals surface area contributed by atoms with Crippen molar-refractivity contribution in [2.45, 2.75) is 18.5 Å². The quantitative estimate of drug-likeness (QED) is 0.456. The third kappa shape index (κ3) is 3.58. The van der Waals surface area contributed by atoms with Crippen molar-refractivity contribution >= 4 is 5.65 Å². The number of alkyl halides is 9. The molecule has 0 amide bonds. The first-order valence-electron chi connectivity index (χ1n) is 7.12. The third-order valence-electron chi connectivity index (χ3n) is 3.66. The van der Waals surface area contributed by atoms with E-state index in [1.807, 2.05) is 0 Å². The molecule has 0 aliphatic heterocycles. The molecule has 144 valence electrons. The molecule has 0 atom stereocenters. The number of nitrogens with zero attached hydrogens (tertiary/aromatic N) is 2. The van der Waals surface area contributed by atoms with Gasteiger partial charge in [0.25, 0.3) is 0 Å². The molecule has 2 aromatic heterocycles. The highest BCUT2D eigenvalue weighted by Crippen LogP contribution is 2.42. The van der Waals surface area contributed by atoms with E-state index < -0.39 is 46.6 Å². The number of aromatic nitrogens is 2. The van der Waals surface area contributed by atoms with Gasteiger partial charge in [-0.3, -0.25) is 4.40 Å². The Morgan fingerprint density at radius 1 is 0.704 bits per heavy atom. The number of benzene rings is 1. The summed E-state index contributed by atoms with van der Waals surface area (Å²) in [5, 5.41) is 0. The highest BCUT2D eigenvalue weighted by Gasteiger charge is 2.41. The zero-order valence-electron chi connectivity index (χ0n) is 12.8. The van der Waals surface area contributed by atoms with Crippen LogP contribution in [0.4, 0.5) is 39.5 Å². The van der Waals surface area contributed by atoms with Crippen LogP contribution >= 0.6 is 0 Å². The van der Waals surface area contributed by atoms with Gasteiger partial charge in [0, 0.05) is 11.8 Å². The largest absolute Gasteiger partial charge is 0.433 e. The Balaban J connectivity index is 2.37. The van der Waals surface area contributed by atoms with Gasteiger partial charge in [-0.2, -0.15) is 39.5 Å². The van der Waals surface area contributed by atoms with Crippen molar-refractivity contribution in [1.29, 1.82) is 0 Å². The fraction of sp³-hybridized carbons (Fsp3) is 0.188. The first kappa shape index (κ1) is 19.1. The summed E-state index contributed by atoms with van der Waals surface area (Å²) in [7, 11) is 0. The predicted molar refractivity (Wildman–Crippen MR) is 75.6 cm³/mol. The molecule has 0 N–H and O–H groups in total. The van der Waals surface area contributed by atoms with Crippen LogP contribution in [-0.4, -0.2) is 9.38 Å². The topological polar surface area (TPSA) is 17.3 Å². The monoisotopic (exact) mass is 398 g/mol. The summed E-state index contributed by atoms with van der Waals surface area (Å²) in [6.45, 7) is 0. The maximum absolute atomic E-state index is 13.5. The van der Waals surface area contributed by atoms with Crippen molar-refractivity contribution in [2.75, 3.05) is 0 Å². The fourth-order valence-corrected chi connectivity index (χ4v) is 2.56. The molecule has 0 saturated carbocycles. The number of rotatable bonds is 1. The fourth-order valence-electron chi connectivity index (χ4n) is 2.56. The molecule has 3 rings (SSSR count). The van der Waals surface area contributed by atoms with Gasteiger partial charge in [0.1, 0.15) is 11.3 Å². The molecule has 0 saturated heterocycles. The summed E-state index contributed by atoms with van der Waals surface area (Å²) in [4.78, 5) is 3.60. The normalized spacial score (nSPS) is 13.4. The van der Waals surface area contributed by atoms with E-state index in [9.17, 15) is 39.5 Å². The lowest BCUT2D eigenvalue weighted by Gasteiger charge is -2.15. The van der Waals surface area contributed by atoms with Crippen molar-refractivity contribution in [3.05, 3.63) is 59.4 Å². The molecule has 11 heteroatoms. The molecule has 3 aromatic rings. The standard InChI is InChI=1S/C16H7F9N2/c17-14(18,19)9-5-8(6-10(7-9)15(20,21)22)12-13(16(23,24)25)27-4-2-1-3-11(27)26-12/h1-7H. The minimum Gasteiger partial charge on any atom is -0.295 e.